The number of amides is 1. The standard InChI is InChI=1S/C16H17N3O2/c20-10-11-1-4-13(5-2-11)19-16(21)12-3-6-14-15(9-12)18-8-7-17-14/h1-6,9,17-18,20H,7-8,10H2,(H,19,21). The highest BCUT2D eigenvalue weighted by atomic mass is 16.3. The van der Waals surface area contributed by atoms with Crippen LogP contribution < -0.4 is 16.0 Å². The van der Waals surface area contributed by atoms with Gasteiger partial charge in [-0.1, -0.05) is 12.1 Å². The molecule has 5 nitrogen and oxygen atoms in total. The molecule has 1 amide bonds. The van der Waals surface area contributed by atoms with Crippen LogP contribution in [0.5, 0.6) is 0 Å². The fourth-order valence-electron chi connectivity index (χ4n) is 2.28. The Hall–Kier alpha value is -2.53. The van der Waals surface area contributed by atoms with E-state index in [9.17, 15) is 4.79 Å². The van der Waals surface area contributed by atoms with Gasteiger partial charge in [0.15, 0.2) is 0 Å². The van der Waals surface area contributed by atoms with Crippen molar-refractivity contribution in [2.45, 2.75) is 6.61 Å². The predicted octanol–water partition coefficient (Wildman–Crippen LogP) is 2.27. The first-order chi connectivity index (χ1) is 10.3. The number of aliphatic hydroxyl groups is 1. The third-order valence-corrected chi connectivity index (χ3v) is 3.43. The Morgan fingerprint density at radius 3 is 2.48 bits per heavy atom. The minimum Gasteiger partial charge on any atom is -0.392 e. The van der Waals surface area contributed by atoms with Crippen molar-refractivity contribution in [3.8, 4) is 0 Å². The first kappa shape index (κ1) is 13.5. The van der Waals surface area contributed by atoms with Crippen molar-refractivity contribution in [2.24, 2.45) is 0 Å². The normalized spacial score (nSPS) is 12.8. The number of anilines is 3. The molecule has 108 valence electrons. The topological polar surface area (TPSA) is 73.4 Å². The lowest BCUT2D eigenvalue weighted by molar-refractivity contribution is 0.102. The molecule has 0 aliphatic carbocycles. The molecule has 0 bridgehead atoms. The number of carbonyl (C=O) groups excluding carboxylic acids is 1. The van der Waals surface area contributed by atoms with E-state index in [-0.39, 0.29) is 12.5 Å². The Morgan fingerprint density at radius 1 is 1.05 bits per heavy atom. The maximum absolute atomic E-state index is 12.2. The van der Waals surface area contributed by atoms with Crippen molar-refractivity contribution in [3.05, 3.63) is 53.6 Å². The van der Waals surface area contributed by atoms with E-state index in [0.717, 1.165) is 30.0 Å². The number of benzene rings is 2. The van der Waals surface area contributed by atoms with Crippen LogP contribution in [0.4, 0.5) is 17.1 Å². The van der Waals surface area contributed by atoms with Gasteiger partial charge in [-0.2, -0.15) is 0 Å². The molecule has 5 heteroatoms. The van der Waals surface area contributed by atoms with Crippen LogP contribution in [0, 0.1) is 0 Å². The van der Waals surface area contributed by atoms with E-state index in [1.807, 2.05) is 12.1 Å². The van der Waals surface area contributed by atoms with E-state index in [1.54, 1.807) is 30.3 Å². The van der Waals surface area contributed by atoms with E-state index in [4.69, 9.17) is 5.11 Å². The monoisotopic (exact) mass is 283 g/mol. The highest BCUT2D eigenvalue weighted by Crippen LogP contribution is 2.25. The van der Waals surface area contributed by atoms with Crippen molar-refractivity contribution in [2.75, 3.05) is 29.0 Å². The molecule has 1 aliphatic rings. The fourth-order valence-corrected chi connectivity index (χ4v) is 2.28. The highest BCUT2D eigenvalue weighted by Gasteiger charge is 2.12. The number of nitrogens with one attached hydrogen (secondary N) is 3. The van der Waals surface area contributed by atoms with Crippen LogP contribution in [-0.2, 0) is 6.61 Å². The first-order valence-electron chi connectivity index (χ1n) is 6.89. The van der Waals surface area contributed by atoms with Crippen LogP contribution in [-0.4, -0.2) is 24.1 Å². The van der Waals surface area contributed by atoms with Crippen LogP contribution in [0.3, 0.4) is 0 Å². The number of aliphatic hydroxyl groups excluding tert-OH is 1. The fraction of sp³-hybridized carbons (Fsp3) is 0.188. The second-order valence-electron chi connectivity index (χ2n) is 4.92. The van der Waals surface area contributed by atoms with Crippen LogP contribution in [0.1, 0.15) is 15.9 Å². The van der Waals surface area contributed by atoms with Crippen LogP contribution >= 0.6 is 0 Å². The SMILES string of the molecule is O=C(Nc1ccc(CO)cc1)c1ccc2c(c1)NCCN2. The molecule has 0 spiro atoms. The average molecular weight is 283 g/mol. The van der Waals surface area contributed by atoms with Gasteiger partial charge in [0.2, 0.25) is 0 Å². The summed E-state index contributed by atoms with van der Waals surface area (Å²) in [4.78, 5) is 12.2. The maximum atomic E-state index is 12.2. The molecule has 21 heavy (non-hydrogen) atoms. The molecule has 1 aliphatic heterocycles. The number of hydrogen-bond acceptors (Lipinski definition) is 4. The van der Waals surface area contributed by atoms with E-state index < -0.39 is 0 Å². The molecule has 0 atom stereocenters. The largest absolute Gasteiger partial charge is 0.392 e. The molecule has 0 unspecified atom stereocenters. The summed E-state index contributed by atoms with van der Waals surface area (Å²) < 4.78 is 0. The van der Waals surface area contributed by atoms with E-state index in [0.29, 0.717) is 11.3 Å². The van der Waals surface area contributed by atoms with Gasteiger partial charge in [0, 0.05) is 24.3 Å². The lowest BCUT2D eigenvalue weighted by atomic mass is 10.1. The molecule has 1 heterocycles. The molecule has 0 saturated carbocycles. The summed E-state index contributed by atoms with van der Waals surface area (Å²) in [6.45, 7) is 1.73. The molecule has 0 saturated heterocycles. The van der Waals surface area contributed by atoms with E-state index in [2.05, 4.69) is 16.0 Å². The van der Waals surface area contributed by atoms with E-state index in [1.165, 1.54) is 0 Å². The quantitative estimate of drug-likeness (QED) is 0.697. The number of rotatable bonds is 3. The minimum atomic E-state index is -0.151. The summed E-state index contributed by atoms with van der Waals surface area (Å²) in [7, 11) is 0. The average Bonchev–Trinajstić information content (AvgIpc) is 2.55. The molecular formula is C16H17N3O2. The van der Waals surface area contributed by atoms with Gasteiger partial charge in [0.1, 0.15) is 0 Å². The zero-order valence-corrected chi connectivity index (χ0v) is 11.5. The maximum Gasteiger partial charge on any atom is 0.255 e. The third kappa shape index (κ3) is 2.98. The Morgan fingerprint density at radius 2 is 1.76 bits per heavy atom. The zero-order valence-electron chi connectivity index (χ0n) is 11.5. The zero-order chi connectivity index (χ0) is 14.7. The van der Waals surface area contributed by atoms with Crippen molar-refractivity contribution >= 4 is 23.0 Å². The van der Waals surface area contributed by atoms with Crippen molar-refractivity contribution in [3.63, 3.8) is 0 Å². The molecule has 0 radical (unpaired) electrons. The Kier molecular flexibility index (Phi) is 3.75. The number of carbonyl (C=O) groups is 1. The Balaban J connectivity index is 1.75. The molecular weight excluding hydrogens is 266 g/mol. The van der Waals surface area contributed by atoms with Gasteiger partial charge in [0.05, 0.1) is 18.0 Å². The second kappa shape index (κ2) is 5.85. The smallest absolute Gasteiger partial charge is 0.255 e. The molecule has 0 aromatic heterocycles. The summed E-state index contributed by atoms with van der Waals surface area (Å²) in [6, 6.07) is 12.7. The first-order valence-corrected chi connectivity index (χ1v) is 6.89. The number of hydrogen-bond donors (Lipinski definition) is 4. The van der Waals surface area contributed by atoms with Gasteiger partial charge in [0.25, 0.3) is 5.91 Å². The second-order valence-corrected chi connectivity index (χ2v) is 4.92. The van der Waals surface area contributed by atoms with Crippen molar-refractivity contribution < 1.29 is 9.90 Å². The number of fused-ring (bicyclic) bond motifs is 1. The minimum absolute atomic E-state index is 0.00226. The van der Waals surface area contributed by atoms with Gasteiger partial charge < -0.3 is 21.1 Å². The summed E-state index contributed by atoms with van der Waals surface area (Å²) in [5.74, 6) is -0.151. The molecule has 3 rings (SSSR count). The summed E-state index contributed by atoms with van der Waals surface area (Å²) in [5.41, 5.74) is 4.10. The van der Waals surface area contributed by atoms with Crippen molar-refractivity contribution in [1.29, 1.82) is 0 Å². The summed E-state index contributed by atoms with van der Waals surface area (Å²) in [5, 5.41) is 18.4. The molecule has 4 N–H and O–H groups in total. The third-order valence-electron chi connectivity index (χ3n) is 3.43. The molecule has 2 aromatic carbocycles. The lowest BCUT2D eigenvalue weighted by Crippen LogP contribution is -2.21. The Labute approximate surface area is 123 Å². The highest BCUT2D eigenvalue weighted by molar-refractivity contribution is 6.05. The van der Waals surface area contributed by atoms with Gasteiger partial charge in [-0.15, -0.1) is 0 Å². The van der Waals surface area contributed by atoms with Gasteiger partial charge in [-0.25, -0.2) is 0 Å². The van der Waals surface area contributed by atoms with Gasteiger partial charge >= 0.3 is 0 Å². The van der Waals surface area contributed by atoms with Gasteiger partial charge in [-0.05, 0) is 35.9 Å². The van der Waals surface area contributed by atoms with Crippen LogP contribution in [0.25, 0.3) is 0 Å². The van der Waals surface area contributed by atoms with Gasteiger partial charge in [-0.3, -0.25) is 4.79 Å². The lowest BCUT2D eigenvalue weighted by Gasteiger charge is -2.20. The van der Waals surface area contributed by atoms with Crippen LogP contribution in [0.2, 0.25) is 0 Å². The molecule has 2 aromatic rings. The predicted molar refractivity (Wildman–Crippen MR) is 83.7 cm³/mol. The molecule has 0 fully saturated rings. The van der Waals surface area contributed by atoms with Crippen molar-refractivity contribution in [1.82, 2.24) is 0 Å². The Bertz CT molecular complexity index is 653. The summed E-state index contributed by atoms with van der Waals surface area (Å²) >= 11 is 0. The van der Waals surface area contributed by atoms with E-state index >= 15 is 0 Å². The summed E-state index contributed by atoms with van der Waals surface area (Å²) in [6.07, 6.45) is 0. The van der Waals surface area contributed by atoms with Crippen LogP contribution in [0.15, 0.2) is 42.5 Å².